The standard InChI is InChI=1S/C24H25F2N3O6S/c1-3-34-21-13-17(28-23(31)14-20(30)16-6-5-11-27-15-16)9-10-22(21)36(32,33)29-18-7-4-8-19(12-18)35-24(2,25)26/h4-13,15,20,29-30H,3,14H2,1-2H3,(H,28,31). The Morgan fingerprint density at radius 2 is 1.92 bits per heavy atom. The number of amides is 1. The Bertz CT molecular complexity index is 1300. The number of aliphatic hydroxyl groups excluding tert-OH is 1. The average molecular weight is 522 g/mol. The van der Waals surface area contributed by atoms with Gasteiger partial charge in [0.05, 0.1) is 24.8 Å². The number of hydrogen-bond acceptors (Lipinski definition) is 7. The predicted molar refractivity (Wildman–Crippen MR) is 129 cm³/mol. The van der Waals surface area contributed by atoms with E-state index in [0.29, 0.717) is 12.5 Å². The third-order valence-corrected chi connectivity index (χ3v) is 6.07. The van der Waals surface area contributed by atoms with Gasteiger partial charge in [-0.3, -0.25) is 14.5 Å². The summed E-state index contributed by atoms with van der Waals surface area (Å²) >= 11 is 0. The maximum atomic E-state index is 13.1. The van der Waals surface area contributed by atoms with E-state index in [9.17, 15) is 27.1 Å². The zero-order chi connectivity index (χ0) is 26.3. The van der Waals surface area contributed by atoms with Gasteiger partial charge in [-0.2, -0.15) is 8.78 Å². The van der Waals surface area contributed by atoms with Crippen LogP contribution >= 0.6 is 0 Å². The summed E-state index contributed by atoms with van der Waals surface area (Å²) in [5.74, 6) is -0.769. The summed E-state index contributed by atoms with van der Waals surface area (Å²) < 4.78 is 64.6. The van der Waals surface area contributed by atoms with Crippen LogP contribution in [0.4, 0.5) is 20.2 Å². The molecule has 12 heteroatoms. The maximum absolute atomic E-state index is 13.1. The van der Waals surface area contributed by atoms with Crippen molar-refractivity contribution in [3.8, 4) is 11.5 Å². The molecule has 9 nitrogen and oxygen atoms in total. The van der Waals surface area contributed by atoms with Gasteiger partial charge in [0.25, 0.3) is 10.0 Å². The van der Waals surface area contributed by atoms with Crippen molar-refractivity contribution >= 4 is 27.3 Å². The number of nitrogens with one attached hydrogen (secondary N) is 2. The van der Waals surface area contributed by atoms with Gasteiger partial charge in [0.15, 0.2) is 0 Å². The summed E-state index contributed by atoms with van der Waals surface area (Å²) in [7, 11) is -4.20. The van der Waals surface area contributed by atoms with Crippen molar-refractivity contribution in [3.05, 3.63) is 72.6 Å². The van der Waals surface area contributed by atoms with Gasteiger partial charge in [0.1, 0.15) is 16.4 Å². The Morgan fingerprint density at radius 1 is 1.14 bits per heavy atom. The third kappa shape index (κ3) is 7.62. The molecule has 1 atom stereocenters. The van der Waals surface area contributed by atoms with Crippen LogP contribution in [0, 0.1) is 0 Å². The van der Waals surface area contributed by atoms with E-state index in [4.69, 9.17) is 4.74 Å². The first-order chi connectivity index (χ1) is 17.0. The van der Waals surface area contributed by atoms with Crippen LogP contribution in [0.5, 0.6) is 11.5 Å². The zero-order valence-electron chi connectivity index (χ0n) is 19.4. The molecular formula is C24H25F2N3O6S. The molecule has 1 amide bonds. The second-order valence-electron chi connectivity index (χ2n) is 7.69. The number of nitrogens with zero attached hydrogens (tertiary/aromatic N) is 1. The van der Waals surface area contributed by atoms with E-state index in [1.54, 1.807) is 25.3 Å². The molecule has 3 aromatic rings. The van der Waals surface area contributed by atoms with Crippen LogP contribution in [0.25, 0.3) is 0 Å². The topological polar surface area (TPSA) is 127 Å². The summed E-state index contributed by atoms with van der Waals surface area (Å²) in [4.78, 5) is 16.1. The molecule has 0 saturated heterocycles. The van der Waals surface area contributed by atoms with Crippen molar-refractivity contribution in [2.75, 3.05) is 16.6 Å². The lowest BCUT2D eigenvalue weighted by molar-refractivity contribution is -0.158. The number of benzene rings is 2. The van der Waals surface area contributed by atoms with Crippen LogP contribution in [0.2, 0.25) is 0 Å². The first-order valence-corrected chi connectivity index (χ1v) is 12.3. The number of aromatic nitrogens is 1. The van der Waals surface area contributed by atoms with Gasteiger partial charge in [-0.15, -0.1) is 0 Å². The number of sulfonamides is 1. The first kappa shape index (κ1) is 26.8. The minimum absolute atomic E-state index is 0.000896. The number of halogens is 2. The number of rotatable bonds is 11. The van der Waals surface area contributed by atoms with Gasteiger partial charge < -0.3 is 19.9 Å². The molecule has 0 bridgehead atoms. The molecule has 1 heterocycles. The van der Waals surface area contributed by atoms with E-state index in [-0.39, 0.29) is 40.8 Å². The Morgan fingerprint density at radius 3 is 2.58 bits per heavy atom. The van der Waals surface area contributed by atoms with E-state index in [1.807, 2.05) is 0 Å². The smallest absolute Gasteiger partial charge is 0.394 e. The number of pyridine rings is 1. The number of alkyl halides is 2. The van der Waals surface area contributed by atoms with Crippen molar-refractivity contribution < 1.29 is 36.6 Å². The monoisotopic (exact) mass is 521 g/mol. The Balaban J connectivity index is 1.77. The molecule has 0 aliphatic carbocycles. The second-order valence-corrected chi connectivity index (χ2v) is 9.34. The van der Waals surface area contributed by atoms with Gasteiger partial charge in [-0.1, -0.05) is 12.1 Å². The highest BCUT2D eigenvalue weighted by atomic mass is 32.2. The Kier molecular flexibility index (Phi) is 8.43. The number of ether oxygens (including phenoxy) is 2. The lowest BCUT2D eigenvalue weighted by atomic mass is 10.1. The summed E-state index contributed by atoms with van der Waals surface area (Å²) in [6.45, 7) is 2.36. The fraction of sp³-hybridized carbons (Fsp3) is 0.250. The van der Waals surface area contributed by atoms with Crippen molar-refractivity contribution in [1.82, 2.24) is 4.98 Å². The summed E-state index contributed by atoms with van der Waals surface area (Å²) in [5, 5.41) is 12.8. The van der Waals surface area contributed by atoms with Gasteiger partial charge in [-0.05, 0) is 42.8 Å². The van der Waals surface area contributed by atoms with Gasteiger partial charge in [0.2, 0.25) is 5.91 Å². The number of hydrogen-bond donors (Lipinski definition) is 3. The van der Waals surface area contributed by atoms with Crippen LogP contribution in [0.15, 0.2) is 71.9 Å². The molecule has 1 unspecified atom stereocenters. The van der Waals surface area contributed by atoms with E-state index in [1.165, 1.54) is 42.6 Å². The molecule has 0 saturated carbocycles. The second kappa shape index (κ2) is 11.3. The quantitative estimate of drug-likeness (QED) is 0.343. The van der Waals surface area contributed by atoms with Crippen molar-refractivity contribution in [3.63, 3.8) is 0 Å². The SMILES string of the molecule is CCOc1cc(NC(=O)CC(O)c2cccnc2)ccc1S(=O)(=O)Nc1cccc(OC(C)(F)F)c1. The molecule has 0 aliphatic heterocycles. The molecule has 3 rings (SSSR count). The van der Waals surface area contributed by atoms with E-state index < -0.39 is 28.1 Å². The average Bonchev–Trinajstić information content (AvgIpc) is 2.78. The van der Waals surface area contributed by atoms with Gasteiger partial charge >= 0.3 is 6.11 Å². The largest absolute Gasteiger partial charge is 0.492 e. The fourth-order valence-electron chi connectivity index (χ4n) is 3.19. The summed E-state index contributed by atoms with van der Waals surface area (Å²) in [6.07, 6.45) is -1.75. The number of aliphatic hydroxyl groups is 1. The highest BCUT2D eigenvalue weighted by Crippen LogP contribution is 2.31. The molecule has 0 spiro atoms. The molecule has 192 valence electrons. The lowest BCUT2D eigenvalue weighted by Crippen LogP contribution is -2.19. The lowest BCUT2D eigenvalue weighted by Gasteiger charge is -2.16. The molecule has 1 aromatic heterocycles. The van der Waals surface area contributed by atoms with Crippen LogP contribution in [-0.4, -0.2) is 37.1 Å². The third-order valence-electron chi connectivity index (χ3n) is 4.65. The number of carbonyl (C=O) groups is 1. The molecule has 3 N–H and O–H groups in total. The molecule has 36 heavy (non-hydrogen) atoms. The van der Waals surface area contributed by atoms with Gasteiger partial charge in [-0.25, -0.2) is 8.42 Å². The molecule has 0 aliphatic rings. The van der Waals surface area contributed by atoms with E-state index in [2.05, 4.69) is 19.8 Å². The minimum atomic E-state index is -4.20. The Labute approximate surface area is 207 Å². The van der Waals surface area contributed by atoms with E-state index in [0.717, 1.165) is 6.07 Å². The van der Waals surface area contributed by atoms with Crippen molar-refractivity contribution in [1.29, 1.82) is 0 Å². The fourth-order valence-corrected chi connectivity index (χ4v) is 4.37. The molecule has 2 aromatic carbocycles. The molecular weight excluding hydrogens is 496 g/mol. The maximum Gasteiger partial charge on any atom is 0.394 e. The zero-order valence-corrected chi connectivity index (χ0v) is 20.3. The van der Waals surface area contributed by atoms with Gasteiger partial charge in [0, 0.05) is 37.1 Å². The van der Waals surface area contributed by atoms with Crippen LogP contribution in [0.1, 0.15) is 31.9 Å². The summed E-state index contributed by atoms with van der Waals surface area (Å²) in [6, 6.07) is 12.3. The van der Waals surface area contributed by atoms with Crippen LogP contribution < -0.4 is 19.5 Å². The highest BCUT2D eigenvalue weighted by molar-refractivity contribution is 7.92. The number of anilines is 2. The first-order valence-electron chi connectivity index (χ1n) is 10.8. The molecule has 0 fully saturated rings. The van der Waals surface area contributed by atoms with Crippen LogP contribution in [-0.2, 0) is 14.8 Å². The number of carbonyl (C=O) groups excluding carboxylic acids is 1. The summed E-state index contributed by atoms with van der Waals surface area (Å²) in [5.41, 5.74) is 0.731. The van der Waals surface area contributed by atoms with Crippen molar-refractivity contribution in [2.45, 2.75) is 37.4 Å². The van der Waals surface area contributed by atoms with Crippen molar-refractivity contribution in [2.24, 2.45) is 0 Å². The van der Waals surface area contributed by atoms with Crippen LogP contribution in [0.3, 0.4) is 0 Å². The molecule has 0 radical (unpaired) electrons. The Hall–Kier alpha value is -3.77. The normalized spacial score (nSPS) is 12.5. The van der Waals surface area contributed by atoms with E-state index >= 15 is 0 Å². The minimum Gasteiger partial charge on any atom is -0.492 e. The predicted octanol–water partition coefficient (Wildman–Crippen LogP) is 4.33. The highest BCUT2D eigenvalue weighted by Gasteiger charge is 2.25.